The Bertz CT molecular complexity index is 269. The molecule has 13 heavy (non-hydrogen) atoms. The number of unbranched alkanes of at least 4 members (excludes halogenated alkanes) is 1. The minimum absolute atomic E-state index is 0.525. The summed E-state index contributed by atoms with van der Waals surface area (Å²) in [5.41, 5.74) is 2.52. The van der Waals surface area contributed by atoms with Crippen LogP contribution in [0.4, 0.5) is 0 Å². The van der Waals surface area contributed by atoms with E-state index in [4.69, 9.17) is 5.26 Å². The van der Waals surface area contributed by atoms with Gasteiger partial charge in [-0.3, -0.25) is 0 Å². The molecule has 0 radical (unpaired) electrons. The van der Waals surface area contributed by atoms with Gasteiger partial charge < -0.3 is 4.89 Å². The smallest absolute Gasteiger partial charge is 0.165 e. The molecule has 1 aromatic carbocycles. The van der Waals surface area contributed by atoms with Gasteiger partial charge in [-0.25, -0.2) is 5.26 Å². The molecule has 0 atom stereocenters. The van der Waals surface area contributed by atoms with E-state index in [9.17, 15) is 0 Å². The van der Waals surface area contributed by atoms with Gasteiger partial charge in [0.25, 0.3) is 0 Å². The van der Waals surface area contributed by atoms with Crippen LogP contribution in [0.3, 0.4) is 0 Å². The number of benzene rings is 1. The van der Waals surface area contributed by atoms with Crippen LogP contribution in [0.15, 0.2) is 18.2 Å². The third-order valence-corrected chi connectivity index (χ3v) is 2.23. The Morgan fingerprint density at radius 2 is 2.15 bits per heavy atom. The SMILES string of the molecule is CCCCc1cc(OO)ccc1C. The van der Waals surface area contributed by atoms with Gasteiger partial charge in [0.05, 0.1) is 0 Å². The van der Waals surface area contributed by atoms with Crippen LogP contribution in [0, 0.1) is 6.92 Å². The van der Waals surface area contributed by atoms with Crippen LogP contribution in [-0.4, -0.2) is 5.26 Å². The maximum absolute atomic E-state index is 8.48. The van der Waals surface area contributed by atoms with Crippen LogP contribution in [-0.2, 0) is 6.42 Å². The quantitative estimate of drug-likeness (QED) is 0.569. The minimum atomic E-state index is 0.525. The predicted octanol–water partition coefficient (Wildman–Crippen LogP) is 3.19. The first-order chi connectivity index (χ1) is 6.27. The molecule has 0 aromatic heterocycles. The second kappa shape index (κ2) is 4.87. The maximum Gasteiger partial charge on any atom is 0.165 e. The lowest BCUT2D eigenvalue weighted by atomic mass is 10.0. The van der Waals surface area contributed by atoms with Crippen molar-refractivity contribution in [2.45, 2.75) is 33.1 Å². The summed E-state index contributed by atoms with van der Waals surface area (Å²) >= 11 is 0. The fraction of sp³-hybridized carbons (Fsp3) is 0.455. The maximum atomic E-state index is 8.48. The third-order valence-electron chi connectivity index (χ3n) is 2.23. The molecular weight excluding hydrogens is 164 g/mol. The normalized spacial score (nSPS) is 10.1. The van der Waals surface area contributed by atoms with E-state index in [1.807, 2.05) is 12.1 Å². The van der Waals surface area contributed by atoms with E-state index in [1.165, 1.54) is 24.0 Å². The molecule has 0 aliphatic heterocycles. The fourth-order valence-corrected chi connectivity index (χ4v) is 1.34. The number of hydrogen-bond acceptors (Lipinski definition) is 2. The first-order valence-electron chi connectivity index (χ1n) is 4.69. The summed E-state index contributed by atoms with van der Waals surface area (Å²) in [7, 11) is 0. The molecule has 0 aliphatic carbocycles. The second-order valence-corrected chi connectivity index (χ2v) is 3.28. The standard InChI is InChI=1S/C11H16O2/c1-3-4-5-10-8-11(13-12)7-6-9(10)2/h6-8,12H,3-5H2,1-2H3. The molecule has 1 aromatic rings. The lowest BCUT2D eigenvalue weighted by molar-refractivity contribution is -0.137. The van der Waals surface area contributed by atoms with Gasteiger partial charge in [-0.1, -0.05) is 19.4 Å². The number of hydrogen-bond donors (Lipinski definition) is 1. The topological polar surface area (TPSA) is 29.5 Å². The van der Waals surface area contributed by atoms with E-state index >= 15 is 0 Å². The van der Waals surface area contributed by atoms with Crippen molar-refractivity contribution in [2.75, 3.05) is 0 Å². The van der Waals surface area contributed by atoms with Gasteiger partial charge in [-0.2, -0.15) is 0 Å². The average Bonchev–Trinajstić information content (AvgIpc) is 2.17. The van der Waals surface area contributed by atoms with Crippen molar-refractivity contribution in [1.82, 2.24) is 0 Å². The Labute approximate surface area is 79.1 Å². The zero-order valence-corrected chi connectivity index (χ0v) is 8.21. The van der Waals surface area contributed by atoms with Crippen molar-refractivity contribution in [3.8, 4) is 5.75 Å². The van der Waals surface area contributed by atoms with E-state index in [1.54, 1.807) is 6.07 Å². The molecule has 0 unspecified atom stereocenters. The van der Waals surface area contributed by atoms with Crippen molar-refractivity contribution >= 4 is 0 Å². The van der Waals surface area contributed by atoms with Gasteiger partial charge in [0.1, 0.15) is 0 Å². The molecule has 0 fully saturated rings. The molecule has 1 N–H and O–H groups in total. The summed E-state index contributed by atoms with van der Waals surface area (Å²) in [4.78, 5) is 4.19. The summed E-state index contributed by atoms with van der Waals surface area (Å²) in [6.45, 7) is 4.24. The van der Waals surface area contributed by atoms with Crippen molar-refractivity contribution in [3.63, 3.8) is 0 Å². The van der Waals surface area contributed by atoms with Crippen LogP contribution < -0.4 is 4.89 Å². The van der Waals surface area contributed by atoms with E-state index in [0.717, 1.165) is 6.42 Å². The molecule has 2 heteroatoms. The van der Waals surface area contributed by atoms with Gasteiger partial charge in [-0.05, 0) is 43.0 Å². The van der Waals surface area contributed by atoms with Gasteiger partial charge in [0.2, 0.25) is 0 Å². The van der Waals surface area contributed by atoms with Crippen LogP contribution in [0.2, 0.25) is 0 Å². The van der Waals surface area contributed by atoms with E-state index in [2.05, 4.69) is 18.7 Å². The molecular formula is C11H16O2. The lowest BCUT2D eigenvalue weighted by Crippen LogP contribution is -1.91. The Morgan fingerprint density at radius 1 is 1.38 bits per heavy atom. The van der Waals surface area contributed by atoms with E-state index < -0.39 is 0 Å². The second-order valence-electron chi connectivity index (χ2n) is 3.28. The Kier molecular flexibility index (Phi) is 3.77. The van der Waals surface area contributed by atoms with Gasteiger partial charge in [-0.15, -0.1) is 0 Å². The highest BCUT2D eigenvalue weighted by atomic mass is 17.1. The third kappa shape index (κ3) is 2.74. The molecule has 0 aliphatic rings. The van der Waals surface area contributed by atoms with Crippen LogP contribution >= 0.6 is 0 Å². The molecule has 0 bridgehead atoms. The van der Waals surface area contributed by atoms with Crippen molar-refractivity contribution in [3.05, 3.63) is 29.3 Å². The summed E-state index contributed by atoms with van der Waals surface area (Å²) in [6.07, 6.45) is 3.42. The summed E-state index contributed by atoms with van der Waals surface area (Å²) < 4.78 is 0. The number of rotatable bonds is 4. The van der Waals surface area contributed by atoms with Gasteiger partial charge >= 0.3 is 0 Å². The van der Waals surface area contributed by atoms with Crippen molar-refractivity contribution in [1.29, 1.82) is 0 Å². The summed E-state index contributed by atoms with van der Waals surface area (Å²) in [5, 5.41) is 8.48. The zero-order chi connectivity index (χ0) is 9.68. The van der Waals surface area contributed by atoms with E-state index in [-0.39, 0.29) is 0 Å². The van der Waals surface area contributed by atoms with E-state index in [0.29, 0.717) is 5.75 Å². The highest BCUT2D eigenvalue weighted by molar-refractivity contribution is 5.34. The zero-order valence-electron chi connectivity index (χ0n) is 8.21. The van der Waals surface area contributed by atoms with Gasteiger partial charge in [0.15, 0.2) is 5.75 Å². The average molecular weight is 180 g/mol. The highest BCUT2D eigenvalue weighted by Crippen LogP contribution is 2.18. The monoisotopic (exact) mass is 180 g/mol. The highest BCUT2D eigenvalue weighted by Gasteiger charge is 2.00. The molecule has 0 heterocycles. The van der Waals surface area contributed by atoms with Crippen molar-refractivity contribution < 1.29 is 10.1 Å². The summed E-state index contributed by atoms with van der Waals surface area (Å²) in [5.74, 6) is 0.525. The largest absolute Gasteiger partial charge is 0.340 e. The van der Waals surface area contributed by atoms with Gasteiger partial charge in [0, 0.05) is 0 Å². The van der Waals surface area contributed by atoms with Crippen LogP contribution in [0.25, 0.3) is 0 Å². The molecule has 0 spiro atoms. The molecule has 0 saturated heterocycles. The molecule has 2 nitrogen and oxygen atoms in total. The summed E-state index contributed by atoms with van der Waals surface area (Å²) in [6, 6.07) is 5.63. The fourth-order valence-electron chi connectivity index (χ4n) is 1.34. The predicted molar refractivity (Wildman–Crippen MR) is 53.0 cm³/mol. The Balaban J connectivity index is 2.78. The first kappa shape index (κ1) is 10.1. The lowest BCUT2D eigenvalue weighted by Gasteiger charge is -2.05. The van der Waals surface area contributed by atoms with Crippen LogP contribution in [0.5, 0.6) is 5.75 Å². The Morgan fingerprint density at radius 3 is 2.77 bits per heavy atom. The van der Waals surface area contributed by atoms with Crippen LogP contribution in [0.1, 0.15) is 30.9 Å². The minimum Gasteiger partial charge on any atom is -0.340 e. The molecule has 0 amide bonds. The molecule has 0 saturated carbocycles. The van der Waals surface area contributed by atoms with Crippen molar-refractivity contribution in [2.24, 2.45) is 0 Å². The Hall–Kier alpha value is -1.02. The first-order valence-corrected chi connectivity index (χ1v) is 4.69. The number of aryl methyl sites for hydroxylation is 2. The molecule has 1 rings (SSSR count). The molecule has 72 valence electrons.